The van der Waals surface area contributed by atoms with E-state index in [9.17, 15) is 9.59 Å². The minimum absolute atomic E-state index is 0.0932. The fraction of sp³-hybridized carbons (Fsp3) is 0.556. The quantitative estimate of drug-likeness (QED) is 0.733. The molecule has 0 bridgehead atoms. The van der Waals surface area contributed by atoms with Crippen LogP contribution in [-0.4, -0.2) is 30.1 Å². The molecule has 0 atom stereocenters. The SMILES string of the molecule is CC(C)(C)CCCC(=O)NCCc1ccc(OCC(=O)O)cc1. The van der Waals surface area contributed by atoms with E-state index in [1.807, 2.05) is 12.1 Å². The van der Waals surface area contributed by atoms with Crippen LogP contribution in [0.25, 0.3) is 0 Å². The molecule has 0 aliphatic heterocycles. The van der Waals surface area contributed by atoms with Gasteiger partial charge in [0.1, 0.15) is 5.75 Å². The predicted molar refractivity (Wildman–Crippen MR) is 89.6 cm³/mol. The van der Waals surface area contributed by atoms with E-state index in [1.165, 1.54) is 0 Å². The first kappa shape index (κ1) is 19.0. The largest absolute Gasteiger partial charge is 0.482 e. The second-order valence-electron chi connectivity index (χ2n) is 6.84. The molecule has 0 spiro atoms. The lowest BCUT2D eigenvalue weighted by Crippen LogP contribution is -2.25. The van der Waals surface area contributed by atoms with Crippen molar-refractivity contribution >= 4 is 11.9 Å². The van der Waals surface area contributed by atoms with E-state index in [0.29, 0.717) is 18.7 Å². The standard InChI is InChI=1S/C18H27NO4/c1-18(2,3)11-4-5-16(20)19-12-10-14-6-8-15(9-7-14)23-13-17(21)22/h6-9H,4-5,10-13H2,1-3H3,(H,19,20)(H,21,22). The lowest BCUT2D eigenvalue weighted by atomic mass is 9.90. The number of carbonyl (C=O) groups is 2. The van der Waals surface area contributed by atoms with Crippen molar-refractivity contribution in [2.75, 3.05) is 13.2 Å². The van der Waals surface area contributed by atoms with Gasteiger partial charge in [-0.25, -0.2) is 4.79 Å². The van der Waals surface area contributed by atoms with Gasteiger partial charge in [-0.3, -0.25) is 4.79 Å². The third-order valence-corrected chi connectivity index (χ3v) is 3.35. The molecule has 0 radical (unpaired) electrons. The summed E-state index contributed by atoms with van der Waals surface area (Å²) in [6.45, 7) is 6.78. The Kier molecular flexibility index (Phi) is 7.59. The molecule has 5 nitrogen and oxygen atoms in total. The van der Waals surface area contributed by atoms with E-state index in [1.54, 1.807) is 12.1 Å². The smallest absolute Gasteiger partial charge is 0.341 e. The highest BCUT2D eigenvalue weighted by Crippen LogP contribution is 2.21. The summed E-state index contributed by atoms with van der Waals surface area (Å²) in [5.41, 5.74) is 1.34. The zero-order chi connectivity index (χ0) is 17.3. The topological polar surface area (TPSA) is 75.6 Å². The third kappa shape index (κ3) is 9.55. The Bertz CT molecular complexity index is 503. The fourth-order valence-electron chi connectivity index (χ4n) is 2.11. The van der Waals surface area contributed by atoms with Gasteiger partial charge in [0.25, 0.3) is 0 Å². The molecule has 23 heavy (non-hydrogen) atoms. The first-order chi connectivity index (χ1) is 10.8. The average molecular weight is 321 g/mol. The van der Waals surface area contributed by atoms with Crippen LogP contribution in [0.2, 0.25) is 0 Å². The van der Waals surface area contributed by atoms with Crippen LogP contribution in [0.5, 0.6) is 5.75 Å². The number of amides is 1. The molecule has 1 aromatic carbocycles. The third-order valence-electron chi connectivity index (χ3n) is 3.35. The molecule has 0 saturated carbocycles. The predicted octanol–water partition coefficient (Wildman–Crippen LogP) is 3.03. The number of benzene rings is 1. The van der Waals surface area contributed by atoms with Gasteiger partial charge in [0.15, 0.2) is 6.61 Å². The van der Waals surface area contributed by atoms with Crippen molar-refractivity contribution in [2.24, 2.45) is 5.41 Å². The number of hydrogen-bond donors (Lipinski definition) is 2. The summed E-state index contributed by atoms with van der Waals surface area (Å²) in [5, 5.41) is 11.5. The number of carboxylic acids is 1. The number of nitrogens with one attached hydrogen (secondary N) is 1. The fourth-order valence-corrected chi connectivity index (χ4v) is 2.11. The van der Waals surface area contributed by atoms with Gasteiger partial charge in [-0.05, 0) is 42.4 Å². The van der Waals surface area contributed by atoms with Gasteiger partial charge >= 0.3 is 5.97 Å². The van der Waals surface area contributed by atoms with Crippen molar-refractivity contribution < 1.29 is 19.4 Å². The molecule has 0 unspecified atom stereocenters. The normalized spacial score (nSPS) is 11.1. The molecular weight excluding hydrogens is 294 g/mol. The van der Waals surface area contributed by atoms with Gasteiger partial charge in [-0.15, -0.1) is 0 Å². The summed E-state index contributed by atoms with van der Waals surface area (Å²) in [6, 6.07) is 7.23. The van der Waals surface area contributed by atoms with Crippen LogP contribution in [-0.2, 0) is 16.0 Å². The van der Waals surface area contributed by atoms with Crippen LogP contribution < -0.4 is 10.1 Å². The zero-order valence-electron chi connectivity index (χ0n) is 14.2. The molecule has 0 aromatic heterocycles. The highest BCUT2D eigenvalue weighted by molar-refractivity contribution is 5.75. The van der Waals surface area contributed by atoms with E-state index in [4.69, 9.17) is 9.84 Å². The van der Waals surface area contributed by atoms with Crippen LogP contribution in [0.4, 0.5) is 0 Å². The van der Waals surface area contributed by atoms with Crippen LogP contribution in [0, 0.1) is 5.41 Å². The minimum atomic E-state index is -0.997. The molecule has 0 fully saturated rings. The van der Waals surface area contributed by atoms with Crippen LogP contribution >= 0.6 is 0 Å². The van der Waals surface area contributed by atoms with Crippen molar-refractivity contribution in [3.05, 3.63) is 29.8 Å². The van der Waals surface area contributed by atoms with Gasteiger partial charge in [-0.1, -0.05) is 32.9 Å². The molecule has 0 heterocycles. The van der Waals surface area contributed by atoms with Gasteiger partial charge in [0.05, 0.1) is 0 Å². The Morgan fingerprint density at radius 1 is 1.17 bits per heavy atom. The van der Waals surface area contributed by atoms with E-state index in [0.717, 1.165) is 24.8 Å². The Labute approximate surface area is 138 Å². The summed E-state index contributed by atoms with van der Waals surface area (Å²) in [6.07, 6.45) is 3.26. The van der Waals surface area contributed by atoms with Crippen LogP contribution in [0.3, 0.4) is 0 Å². The minimum Gasteiger partial charge on any atom is -0.482 e. The van der Waals surface area contributed by atoms with Crippen molar-refractivity contribution in [1.29, 1.82) is 0 Å². The summed E-state index contributed by atoms with van der Waals surface area (Å²) in [5.74, 6) is -0.374. The molecule has 0 aliphatic rings. The van der Waals surface area contributed by atoms with Crippen molar-refractivity contribution in [2.45, 2.75) is 46.5 Å². The molecular formula is C18H27NO4. The summed E-state index contributed by atoms with van der Waals surface area (Å²) in [4.78, 5) is 22.1. The molecule has 1 rings (SSSR count). The van der Waals surface area contributed by atoms with Crippen molar-refractivity contribution in [1.82, 2.24) is 5.32 Å². The number of aliphatic carboxylic acids is 1. The number of ether oxygens (including phenoxy) is 1. The van der Waals surface area contributed by atoms with E-state index >= 15 is 0 Å². The van der Waals surface area contributed by atoms with E-state index < -0.39 is 5.97 Å². The highest BCUT2D eigenvalue weighted by Gasteiger charge is 2.10. The average Bonchev–Trinajstić information content (AvgIpc) is 2.45. The molecule has 1 amide bonds. The van der Waals surface area contributed by atoms with Gasteiger partial charge in [-0.2, -0.15) is 0 Å². The summed E-state index contributed by atoms with van der Waals surface area (Å²) in [7, 11) is 0. The second-order valence-corrected chi connectivity index (χ2v) is 6.84. The zero-order valence-corrected chi connectivity index (χ0v) is 14.2. The maximum absolute atomic E-state index is 11.7. The molecule has 0 aliphatic carbocycles. The van der Waals surface area contributed by atoms with Crippen molar-refractivity contribution in [3.63, 3.8) is 0 Å². The summed E-state index contributed by atoms with van der Waals surface area (Å²) >= 11 is 0. The maximum atomic E-state index is 11.7. The molecule has 128 valence electrons. The Morgan fingerprint density at radius 2 is 1.83 bits per heavy atom. The Morgan fingerprint density at radius 3 is 2.39 bits per heavy atom. The van der Waals surface area contributed by atoms with Gasteiger partial charge < -0.3 is 15.2 Å². The Hall–Kier alpha value is -2.04. The molecule has 5 heteroatoms. The van der Waals surface area contributed by atoms with Gasteiger partial charge in [0.2, 0.25) is 5.91 Å². The molecule has 2 N–H and O–H groups in total. The first-order valence-corrected chi connectivity index (χ1v) is 7.96. The lowest BCUT2D eigenvalue weighted by Gasteiger charge is -2.17. The number of rotatable bonds is 9. The summed E-state index contributed by atoms with van der Waals surface area (Å²) < 4.78 is 5.07. The van der Waals surface area contributed by atoms with Crippen LogP contribution in [0.1, 0.15) is 45.6 Å². The van der Waals surface area contributed by atoms with Crippen molar-refractivity contribution in [3.8, 4) is 5.75 Å². The number of carboxylic acid groups (broad SMARTS) is 1. The van der Waals surface area contributed by atoms with E-state index in [2.05, 4.69) is 26.1 Å². The highest BCUT2D eigenvalue weighted by atomic mass is 16.5. The maximum Gasteiger partial charge on any atom is 0.341 e. The Balaban J connectivity index is 2.22. The monoisotopic (exact) mass is 321 g/mol. The number of hydrogen-bond acceptors (Lipinski definition) is 3. The lowest BCUT2D eigenvalue weighted by molar-refractivity contribution is -0.139. The molecule has 0 saturated heterocycles. The second kappa shape index (κ2) is 9.18. The number of carbonyl (C=O) groups excluding carboxylic acids is 1. The van der Waals surface area contributed by atoms with Crippen LogP contribution in [0.15, 0.2) is 24.3 Å². The molecule has 1 aromatic rings. The first-order valence-electron chi connectivity index (χ1n) is 7.96. The van der Waals surface area contributed by atoms with E-state index in [-0.39, 0.29) is 17.9 Å². The van der Waals surface area contributed by atoms with Gasteiger partial charge in [0, 0.05) is 13.0 Å².